The van der Waals surface area contributed by atoms with Gasteiger partial charge in [-0.1, -0.05) is 0 Å². The first-order valence-corrected chi connectivity index (χ1v) is 8.99. The lowest BCUT2D eigenvalue weighted by atomic mass is 10.0. The molecule has 1 aliphatic heterocycles. The van der Waals surface area contributed by atoms with E-state index in [1.54, 1.807) is 6.20 Å². The number of amides is 1. The molecule has 2 aliphatic rings. The zero-order chi connectivity index (χ0) is 17.2. The molecule has 7 heteroatoms. The molecule has 7 nitrogen and oxygen atoms in total. The molecular weight excluding hydrogens is 318 g/mol. The lowest BCUT2D eigenvalue weighted by Gasteiger charge is -2.32. The van der Waals surface area contributed by atoms with Crippen LogP contribution in [0.1, 0.15) is 47.8 Å². The van der Waals surface area contributed by atoms with Crippen LogP contribution in [0.3, 0.4) is 0 Å². The Labute approximate surface area is 146 Å². The molecule has 0 spiro atoms. The number of carbonyl (C=O) groups excluding carboxylic acids is 1. The topological polar surface area (TPSA) is 84.2 Å². The van der Waals surface area contributed by atoms with Crippen LogP contribution in [0.15, 0.2) is 22.7 Å². The lowest BCUT2D eigenvalue weighted by molar-refractivity contribution is 0.0683. The van der Waals surface area contributed by atoms with E-state index >= 15 is 0 Å². The molecule has 132 valence electrons. The Kier molecular flexibility index (Phi) is 4.38. The summed E-state index contributed by atoms with van der Waals surface area (Å²) in [5, 5.41) is 11.3. The second kappa shape index (κ2) is 6.82. The van der Waals surface area contributed by atoms with Crippen molar-refractivity contribution in [1.82, 2.24) is 20.1 Å². The normalized spacial score (nSPS) is 18.4. The zero-order valence-corrected chi connectivity index (χ0v) is 14.4. The van der Waals surface area contributed by atoms with Crippen LogP contribution < -0.4 is 5.32 Å². The summed E-state index contributed by atoms with van der Waals surface area (Å²) in [7, 11) is 0. The molecule has 2 aromatic heterocycles. The van der Waals surface area contributed by atoms with Gasteiger partial charge in [0.15, 0.2) is 5.89 Å². The molecule has 0 unspecified atom stereocenters. The number of carbonyl (C=O) groups is 1. The summed E-state index contributed by atoms with van der Waals surface area (Å²) >= 11 is 0. The van der Waals surface area contributed by atoms with Crippen LogP contribution in [0.25, 0.3) is 0 Å². The van der Waals surface area contributed by atoms with Crippen molar-refractivity contribution < 1.29 is 9.21 Å². The number of hydrogen-bond donors (Lipinski definition) is 1. The van der Waals surface area contributed by atoms with Gasteiger partial charge in [-0.25, -0.2) is 4.98 Å². The van der Waals surface area contributed by atoms with E-state index in [-0.39, 0.29) is 5.91 Å². The first-order chi connectivity index (χ1) is 12.2. The van der Waals surface area contributed by atoms with Gasteiger partial charge in [-0.05, 0) is 50.7 Å². The van der Waals surface area contributed by atoms with Gasteiger partial charge in [0, 0.05) is 31.7 Å². The first kappa shape index (κ1) is 16.1. The van der Waals surface area contributed by atoms with Crippen molar-refractivity contribution in [2.75, 3.05) is 18.4 Å². The predicted molar refractivity (Wildman–Crippen MR) is 92.2 cm³/mol. The molecule has 0 bridgehead atoms. The summed E-state index contributed by atoms with van der Waals surface area (Å²) in [5.74, 6) is 2.57. The van der Waals surface area contributed by atoms with Crippen molar-refractivity contribution in [2.24, 2.45) is 5.92 Å². The number of aromatic nitrogens is 3. The third kappa shape index (κ3) is 3.81. The SMILES string of the molecule is Cc1nc(CC2CC2)oc1C(=O)N1CCC(Nc2cccnn2)CC1. The number of aryl methyl sites for hydroxylation is 1. The van der Waals surface area contributed by atoms with Crippen molar-refractivity contribution >= 4 is 11.7 Å². The fourth-order valence-corrected chi connectivity index (χ4v) is 3.27. The number of likely N-dealkylation sites (tertiary alicyclic amines) is 1. The van der Waals surface area contributed by atoms with Crippen molar-refractivity contribution in [3.05, 3.63) is 35.7 Å². The third-order valence-corrected chi connectivity index (χ3v) is 4.90. The van der Waals surface area contributed by atoms with Gasteiger partial charge in [0.25, 0.3) is 5.91 Å². The molecule has 0 radical (unpaired) electrons. The monoisotopic (exact) mass is 341 g/mol. The molecule has 1 saturated heterocycles. The highest BCUT2D eigenvalue weighted by molar-refractivity contribution is 5.92. The smallest absolute Gasteiger partial charge is 0.291 e. The third-order valence-electron chi connectivity index (χ3n) is 4.90. The van der Waals surface area contributed by atoms with Crippen LogP contribution in [0, 0.1) is 12.8 Å². The summed E-state index contributed by atoms with van der Waals surface area (Å²) < 4.78 is 5.77. The highest BCUT2D eigenvalue weighted by Crippen LogP contribution is 2.33. The largest absolute Gasteiger partial charge is 0.435 e. The molecule has 2 aromatic rings. The van der Waals surface area contributed by atoms with Crippen molar-refractivity contribution in [3.8, 4) is 0 Å². The number of nitrogens with zero attached hydrogens (tertiary/aromatic N) is 4. The summed E-state index contributed by atoms with van der Waals surface area (Å²) in [5.41, 5.74) is 0.709. The predicted octanol–water partition coefficient (Wildman–Crippen LogP) is 2.44. The number of anilines is 1. The molecule has 2 fully saturated rings. The maximum Gasteiger partial charge on any atom is 0.291 e. The minimum atomic E-state index is -0.0370. The van der Waals surface area contributed by atoms with Gasteiger partial charge >= 0.3 is 0 Å². The molecule has 1 aliphatic carbocycles. The number of piperidine rings is 1. The number of rotatable bonds is 5. The molecule has 4 rings (SSSR count). The Balaban J connectivity index is 1.34. The Morgan fingerprint density at radius 1 is 1.32 bits per heavy atom. The maximum absolute atomic E-state index is 12.7. The fourth-order valence-electron chi connectivity index (χ4n) is 3.27. The quantitative estimate of drug-likeness (QED) is 0.899. The van der Waals surface area contributed by atoms with Gasteiger partial charge in [-0.2, -0.15) is 5.10 Å². The van der Waals surface area contributed by atoms with Crippen LogP contribution in [-0.4, -0.2) is 45.1 Å². The number of nitrogens with one attached hydrogen (secondary N) is 1. The molecule has 0 atom stereocenters. The van der Waals surface area contributed by atoms with E-state index in [2.05, 4.69) is 20.5 Å². The van der Waals surface area contributed by atoms with Crippen molar-refractivity contribution in [1.29, 1.82) is 0 Å². The van der Waals surface area contributed by atoms with E-state index in [9.17, 15) is 4.79 Å². The van der Waals surface area contributed by atoms with Crippen molar-refractivity contribution in [2.45, 2.75) is 45.1 Å². The molecular formula is C18H23N5O2. The van der Waals surface area contributed by atoms with Crippen molar-refractivity contribution in [3.63, 3.8) is 0 Å². The van der Waals surface area contributed by atoms with E-state index in [0.29, 0.717) is 42.4 Å². The van der Waals surface area contributed by atoms with Crippen LogP contribution in [-0.2, 0) is 6.42 Å². The molecule has 1 N–H and O–H groups in total. The fraction of sp³-hybridized carbons (Fsp3) is 0.556. The highest BCUT2D eigenvalue weighted by Gasteiger charge is 2.29. The van der Waals surface area contributed by atoms with E-state index in [1.807, 2.05) is 24.0 Å². The minimum Gasteiger partial charge on any atom is -0.435 e. The second-order valence-electron chi connectivity index (χ2n) is 6.99. The van der Waals surface area contributed by atoms with E-state index < -0.39 is 0 Å². The summed E-state index contributed by atoms with van der Waals surface area (Å²) in [6.45, 7) is 3.26. The highest BCUT2D eigenvalue weighted by atomic mass is 16.4. The lowest BCUT2D eigenvalue weighted by Crippen LogP contribution is -2.42. The summed E-state index contributed by atoms with van der Waals surface area (Å²) in [6, 6.07) is 4.07. The van der Waals surface area contributed by atoms with Gasteiger partial charge in [0.2, 0.25) is 5.76 Å². The van der Waals surface area contributed by atoms with Gasteiger partial charge in [-0.3, -0.25) is 4.79 Å². The Bertz CT molecular complexity index is 733. The molecule has 0 aromatic carbocycles. The Morgan fingerprint density at radius 2 is 2.12 bits per heavy atom. The number of hydrogen-bond acceptors (Lipinski definition) is 6. The van der Waals surface area contributed by atoms with E-state index in [0.717, 1.165) is 25.1 Å². The van der Waals surface area contributed by atoms with Crippen LogP contribution in [0.4, 0.5) is 5.82 Å². The van der Waals surface area contributed by atoms with E-state index in [4.69, 9.17) is 4.42 Å². The average Bonchev–Trinajstić information content (AvgIpc) is 3.37. The molecule has 1 saturated carbocycles. The molecule has 25 heavy (non-hydrogen) atoms. The van der Waals surface area contributed by atoms with E-state index in [1.165, 1.54) is 12.8 Å². The average molecular weight is 341 g/mol. The Hall–Kier alpha value is -2.44. The molecule has 1 amide bonds. The van der Waals surface area contributed by atoms with Crippen LogP contribution in [0.5, 0.6) is 0 Å². The van der Waals surface area contributed by atoms with Crippen LogP contribution in [0.2, 0.25) is 0 Å². The van der Waals surface area contributed by atoms with Gasteiger partial charge in [0.05, 0.1) is 5.69 Å². The first-order valence-electron chi connectivity index (χ1n) is 8.99. The summed E-state index contributed by atoms with van der Waals surface area (Å²) in [4.78, 5) is 19.0. The van der Waals surface area contributed by atoms with Gasteiger partial charge in [-0.15, -0.1) is 5.10 Å². The molecule has 3 heterocycles. The Morgan fingerprint density at radius 3 is 2.80 bits per heavy atom. The van der Waals surface area contributed by atoms with Gasteiger partial charge < -0.3 is 14.6 Å². The second-order valence-corrected chi connectivity index (χ2v) is 6.99. The minimum absolute atomic E-state index is 0.0370. The maximum atomic E-state index is 12.7. The van der Waals surface area contributed by atoms with Gasteiger partial charge in [0.1, 0.15) is 5.82 Å². The zero-order valence-electron chi connectivity index (χ0n) is 14.4. The van der Waals surface area contributed by atoms with Crippen LogP contribution >= 0.6 is 0 Å². The standard InChI is InChI=1S/C18H23N5O2/c1-12-17(25-16(20-12)11-13-4-5-13)18(24)23-9-6-14(7-10-23)21-15-3-2-8-19-22-15/h2-3,8,13-14H,4-7,9-11H2,1H3,(H,21,22). The number of oxazole rings is 1. The summed E-state index contributed by atoms with van der Waals surface area (Å²) in [6.07, 6.45) is 6.77.